The zero-order valence-corrected chi connectivity index (χ0v) is 15.3. The van der Waals surface area contributed by atoms with Gasteiger partial charge in [-0.3, -0.25) is 9.59 Å². The van der Waals surface area contributed by atoms with Crippen LogP contribution in [0.5, 0.6) is 0 Å². The predicted octanol–water partition coefficient (Wildman–Crippen LogP) is 1.87. The number of hydrogen-bond acceptors (Lipinski definition) is 3. The fourth-order valence-corrected chi connectivity index (χ4v) is 3.73. The third-order valence-corrected chi connectivity index (χ3v) is 5.00. The van der Waals surface area contributed by atoms with Gasteiger partial charge in [-0.15, -0.1) is 0 Å². The van der Waals surface area contributed by atoms with Crippen molar-refractivity contribution >= 4 is 17.5 Å². The van der Waals surface area contributed by atoms with Gasteiger partial charge >= 0.3 is 0 Å². The molecule has 1 heterocycles. The first-order valence-electron chi connectivity index (χ1n) is 8.91. The van der Waals surface area contributed by atoms with Crippen LogP contribution in [-0.2, 0) is 21.4 Å². The van der Waals surface area contributed by atoms with E-state index in [1.165, 1.54) is 0 Å². The number of amides is 2. The van der Waals surface area contributed by atoms with Gasteiger partial charge in [-0.2, -0.15) is 0 Å². The van der Waals surface area contributed by atoms with Crippen LogP contribution in [0.2, 0.25) is 0 Å². The highest BCUT2D eigenvalue weighted by Gasteiger charge is 2.50. The number of carbonyl (C=O) groups is 2. The average Bonchev–Trinajstić information content (AvgIpc) is 2.85. The molecule has 5 heteroatoms. The molecule has 2 N–H and O–H groups in total. The van der Waals surface area contributed by atoms with E-state index in [-0.39, 0.29) is 18.2 Å². The van der Waals surface area contributed by atoms with Crippen LogP contribution in [0, 0.1) is 0 Å². The summed E-state index contributed by atoms with van der Waals surface area (Å²) in [5.74, 6) is -0.124. The van der Waals surface area contributed by atoms with Crippen molar-refractivity contribution < 1.29 is 9.59 Å². The molecule has 1 aliphatic rings. The summed E-state index contributed by atoms with van der Waals surface area (Å²) >= 11 is 0. The Balaban J connectivity index is 1.97. The molecule has 0 saturated carbocycles. The summed E-state index contributed by atoms with van der Waals surface area (Å²) in [5.41, 5.74) is 2.00. The van der Waals surface area contributed by atoms with E-state index < -0.39 is 5.41 Å². The Kier molecular flexibility index (Phi) is 5.38. The van der Waals surface area contributed by atoms with Gasteiger partial charge in [0, 0.05) is 32.2 Å². The highest BCUT2D eigenvalue weighted by Crippen LogP contribution is 2.45. The SMILES string of the molecule is CNCCNC(=O)C[C@@]1(Cc2ccccc2)C(=O)N(C)c2ccccc21. The normalized spacial score (nSPS) is 18.7. The first-order valence-corrected chi connectivity index (χ1v) is 8.91. The highest BCUT2D eigenvalue weighted by atomic mass is 16.2. The van der Waals surface area contributed by atoms with Crippen molar-refractivity contribution in [3.8, 4) is 0 Å². The molecule has 0 fully saturated rings. The fraction of sp³-hybridized carbons (Fsp3) is 0.333. The molecule has 0 unspecified atom stereocenters. The minimum Gasteiger partial charge on any atom is -0.355 e. The van der Waals surface area contributed by atoms with Crippen LogP contribution in [0.4, 0.5) is 5.69 Å². The van der Waals surface area contributed by atoms with Crippen LogP contribution in [0.15, 0.2) is 54.6 Å². The minimum atomic E-state index is -0.865. The maximum atomic E-state index is 13.3. The van der Waals surface area contributed by atoms with Crippen molar-refractivity contribution in [1.82, 2.24) is 10.6 Å². The first-order chi connectivity index (χ1) is 12.6. The molecule has 26 heavy (non-hydrogen) atoms. The van der Waals surface area contributed by atoms with Gasteiger partial charge in [0.05, 0.1) is 5.41 Å². The van der Waals surface area contributed by atoms with Gasteiger partial charge in [0.1, 0.15) is 0 Å². The zero-order valence-electron chi connectivity index (χ0n) is 15.3. The molecule has 0 aliphatic carbocycles. The number of nitrogens with zero attached hydrogens (tertiary/aromatic N) is 1. The van der Waals surface area contributed by atoms with E-state index in [0.717, 1.165) is 16.8 Å². The van der Waals surface area contributed by atoms with Gasteiger partial charge in [-0.1, -0.05) is 48.5 Å². The van der Waals surface area contributed by atoms with Crippen LogP contribution in [0.25, 0.3) is 0 Å². The summed E-state index contributed by atoms with van der Waals surface area (Å²) in [6, 6.07) is 17.7. The average molecular weight is 351 g/mol. The molecule has 5 nitrogen and oxygen atoms in total. The maximum absolute atomic E-state index is 13.3. The topological polar surface area (TPSA) is 61.4 Å². The molecule has 0 bridgehead atoms. The predicted molar refractivity (Wildman–Crippen MR) is 103 cm³/mol. The Morgan fingerprint density at radius 2 is 1.73 bits per heavy atom. The van der Waals surface area contributed by atoms with E-state index in [4.69, 9.17) is 0 Å². The van der Waals surface area contributed by atoms with Crippen LogP contribution in [0.3, 0.4) is 0 Å². The number of carbonyl (C=O) groups excluding carboxylic acids is 2. The van der Waals surface area contributed by atoms with Crippen molar-refractivity contribution in [2.75, 3.05) is 32.1 Å². The Bertz CT molecular complexity index is 791. The number of likely N-dealkylation sites (N-methyl/N-ethyl adjacent to an activating group) is 2. The summed E-state index contributed by atoms with van der Waals surface area (Å²) in [6.07, 6.45) is 0.652. The summed E-state index contributed by atoms with van der Waals surface area (Å²) in [7, 11) is 3.63. The van der Waals surface area contributed by atoms with E-state index in [1.807, 2.05) is 61.6 Å². The number of hydrogen-bond donors (Lipinski definition) is 2. The monoisotopic (exact) mass is 351 g/mol. The molecule has 1 aliphatic heterocycles. The largest absolute Gasteiger partial charge is 0.355 e. The molecule has 3 rings (SSSR count). The Morgan fingerprint density at radius 1 is 1.04 bits per heavy atom. The van der Waals surface area contributed by atoms with E-state index >= 15 is 0 Å². The molecule has 1 atom stereocenters. The molecular formula is C21H25N3O2. The number of rotatable bonds is 7. The number of fused-ring (bicyclic) bond motifs is 1. The molecule has 0 saturated heterocycles. The lowest BCUT2D eigenvalue weighted by molar-refractivity contribution is -0.129. The van der Waals surface area contributed by atoms with E-state index in [0.29, 0.717) is 19.5 Å². The number of para-hydroxylation sites is 1. The third-order valence-electron chi connectivity index (χ3n) is 5.00. The first kappa shape index (κ1) is 18.1. The summed E-state index contributed by atoms with van der Waals surface area (Å²) in [6.45, 7) is 1.24. The lowest BCUT2D eigenvalue weighted by atomic mass is 9.73. The summed E-state index contributed by atoms with van der Waals surface area (Å²) in [5, 5.41) is 5.92. The second-order valence-electron chi connectivity index (χ2n) is 6.76. The number of anilines is 1. The molecule has 136 valence electrons. The van der Waals surface area contributed by atoms with Crippen LogP contribution >= 0.6 is 0 Å². The minimum absolute atomic E-state index is 0.0219. The van der Waals surface area contributed by atoms with Crippen LogP contribution in [0.1, 0.15) is 17.5 Å². The zero-order chi connectivity index (χ0) is 18.6. The van der Waals surface area contributed by atoms with Gasteiger partial charge < -0.3 is 15.5 Å². The lowest BCUT2D eigenvalue weighted by Crippen LogP contribution is -2.45. The molecule has 0 aromatic heterocycles. The van der Waals surface area contributed by atoms with Crippen molar-refractivity contribution in [2.45, 2.75) is 18.3 Å². The Morgan fingerprint density at radius 3 is 2.46 bits per heavy atom. The van der Waals surface area contributed by atoms with Gasteiger partial charge in [0.2, 0.25) is 11.8 Å². The second kappa shape index (κ2) is 7.70. The molecular weight excluding hydrogens is 326 g/mol. The second-order valence-corrected chi connectivity index (χ2v) is 6.76. The number of benzene rings is 2. The fourth-order valence-electron chi connectivity index (χ4n) is 3.73. The lowest BCUT2D eigenvalue weighted by Gasteiger charge is -2.28. The molecule has 2 aromatic rings. The van der Waals surface area contributed by atoms with Crippen LogP contribution < -0.4 is 15.5 Å². The van der Waals surface area contributed by atoms with Crippen molar-refractivity contribution in [2.24, 2.45) is 0 Å². The van der Waals surface area contributed by atoms with Crippen molar-refractivity contribution in [3.63, 3.8) is 0 Å². The maximum Gasteiger partial charge on any atom is 0.238 e. The molecule has 0 radical (unpaired) electrons. The highest BCUT2D eigenvalue weighted by molar-refractivity contribution is 6.09. The van der Waals surface area contributed by atoms with Crippen LogP contribution in [-0.4, -0.2) is 39.0 Å². The van der Waals surface area contributed by atoms with Crippen molar-refractivity contribution in [1.29, 1.82) is 0 Å². The smallest absolute Gasteiger partial charge is 0.238 e. The van der Waals surface area contributed by atoms with Gasteiger partial charge in [0.25, 0.3) is 0 Å². The molecule has 2 aromatic carbocycles. The van der Waals surface area contributed by atoms with Gasteiger partial charge in [-0.05, 0) is 30.7 Å². The molecule has 0 spiro atoms. The Labute approximate surface area is 154 Å². The van der Waals surface area contributed by atoms with Gasteiger partial charge in [0.15, 0.2) is 0 Å². The number of nitrogens with one attached hydrogen (secondary N) is 2. The Hall–Kier alpha value is -2.66. The third kappa shape index (κ3) is 3.35. The van der Waals surface area contributed by atoms with E-state index in [1.54, 1.807) is 11.9 Å². The van der Waals surface area contributed by atoms with Crippen molar-refractivity contribution in [3.05, 3.63) is 65.7 Å². The van der Waals surface area contributed by atoms with E-state index in [9.17, 15) is 9.59 Å². The molecule has 2 amide bonds. The van der Waals surface area contributed by atoms with E-state index in [2.05, 4.69) is 10.6 Å². The summed E-state index contributed by atoms with van der Waals surface area (Å²) < 4.78 is 0. The van der Waals surface area contributed by atoms with Gasteiger partial charge in [-0.25, -0.2) is 0 Å². The summed E-state index contributed by atoms with van der Waals surface area (Å²) in [4.78, 5) is 27.6. The quantitative estimate of drug-likeness (QED) is 0.749. The standard InChI is InChI=1S/C21H25N3O2/c1-22-12-13-23-19(25)15-21(14-16-8-4-3-5-9-16)17-10-6-7-11-18(17)24(2)20(21)26/h3-11,22H,12-15H2,1-2H3,(H,23,25)/t21-/m1/s1.